The number of nitrogens with zero attached hydrogens (tertiary/aromatic N) is 4. The van der Waals surface area contributed by atoms with Gasteiger partial charge in [-0.25, -0.2) is 9.98 Å². The Morgan fingerprint density at radius 3 is 1.77 bits per heavy atom. The first-order valence-electron chi connectivity index (χ1n) is 23.4. The van der Waals surface area contributed by atoms with Crippen molar-refractivity contribution in [3.8, 4) is 11.4 Å². The lowest BCUT2D eigenvalue weighted by Gasteiger charge is -2.15. The molecular weight excluding hydrogens is 845 g/mol. The quantitative estimate of drug-likeness (QED) is 0.173. The number of furan rings is 2. The Kier molecular flexibility index (Phi) is 8.03. The van der Waals surface area contributed by atoms with Crippen LogP contribution in [0, 0.1) is 0 Å². The number of rotatable bonds is 5. The Morgan fingerprint density at radius 1 is 0.377 bits per heavy atom. The molecule has 10 aromatic carbocycles. The van der Waals surface area contributed by atoms with Crippen molar-refractivity contribution < 1.29 is 8.83 Å². The van der Waals surface area contributed by atoms with E-state index >= 15 is 0 Å². The minimum atomic E-state index is 0.520. The summed E-state index contributed by atoms with van der Waals surface area (Å²) in [6.07, 6.45) is 2.77. The summed E-state index contributed by atoms with van der Waals surface area (Å²) in [4.78, 5) is 11.3. The van der Waals surface area contributed by atoms with Crippen LogP contribution in [0.4, 0.5) is 0 Å². The van der Waals surface area contributed by atoms with Crippen molar-refractivity contribution >= 4 is 116 Å². The molecule has 69 heavy (non-hydrogen) atoms. The number of hydrogen-bond acceptors (Lipinski definition) is 4. The summed E-state index contributed by atoms with van der Waals surface area (Å²) in [7, 11) is 0. The standard InChI is InChI=1S/C63H38N4O2/c1-2-16-42(17-3-1)66-53-22-10-6-18-43(53)49-35-40(27-32-55(49)66)51-30-31-52(65-63(64-51)41-26-28-47-45-20-8-12-24-58(45)68-60(47)37-41)61-56(33-29-48-46-21-9-13-25-59(46)69-62(48)61)67-54-23-11-7-19-44(54)50-34-38-14-4-5-15-39(38)36-57(50)67/h1-29,31-37H,30H2. The first kappa shape index (κ1) is 37.9. The van der Waals surface area contributed by atoms with Gasteiger partial charge in [0.05, 0.1) is 44.7 Å². The summed E-state index contributed by atoms with van der Waals surface area (Å²) < 4.78 is 18.3. The fraction of sp³-hybridized carbons (Fsp3) is 0.0159. The van der Waals surface area contributed by atoms with Crippen molar-refractivity contribution in [1.82, 2.24) is 9.13 Å². The molecule has 6 nitrogen and oxygen atoms in total. The molecule has 1 aliphatic rings. The molecule has 5 heterocycles. The van der Waals surface area contributed by atoms with E-state index in [1.807, 2.05) is 18.2 Å². The van der Waals surface area contributed by atoms with E-state index < -0.39 is 0 Å². The first-order chi connectivity index (χ1) is 34.2. The van der Waals surface area contributed by atoms with Crippen molar-refractivity contribution in [3.63, 3.8) is 0 Å². The molecule has 0 N–H and O–H groups in total. The Hall–Kier alpha value is -9.26. The Morgan fingerprint density at radius 2 is 0.971 bits per heavy atom. The normalized spacial score (nSPS) is 13.4. The van der Waals surface area contributed by atoms with E-state index in [2.05, 4.69) is 209 Å². The lowest BCUT2D eigenvalue weighted by atomic mass is 10.0. The van der Waals surface area contributed by atoms with Crippen LogP contribution in [0.2, 0.25) is 0 Å². The highest BCUT2D eigenvalue weighted by atomic mass is 16.3. The molecule has 0 atom stereocenters. The predicted molar refractivity (Wildman–Crippen MR) is 286 cm³/mol. The largest absolute Gasteiger partial charge is 0.456 e. The third-order valence-corrected chi connectivity index (χ3v) is 14.2. The number of benzene rings is 10. The number of aliphatic imine (C=N–C) groups is 2. The molecule has 15 rings (SSSR count). The summed E-state index contributed by atoms with van der Waals surface area (Å²) in [5.41, 5.74) is 14.3. The fourth-order valence-corrected chi connectivity index (χ4v) is 11.0. The van der Waals surface area contributed by atoms with Gasteiger partial charge in [-0.2, -0.15) is 0 Å². The summed E-state index contributed by atoms with van der Waals surface area (Å²) in [5, 5.41) is 11.3. The van der Waals surface area contributed by atoms with Crippen molar-refractivity contribution in [2.45, 2.75) is 6.42 Å². The van der Waals surface area contributed by atoms with Crippen LogP contribution in [-0.4, -0.2) is 20.7 Å². The third-order valence-electron chi connectivity index (χ3n) is 14.2. The molecule has 6 heteroatoms. The van der Waals surface area contributed by atoms with Gasteiger partial charge in [0, 0.05) is 60.8 Å². The van der Waals surface area contributed by atoms with Crippen molar-refractivity contribution in [2.24, 2.45) is 9.98 Å². The predicted octanol–water partition coefficient (Wildman–Crippen LogP) is 16.5. The van der Waals surface area contributed by atoms with Crippen LogP contribution >= 0.6 is 0 Å². The van der Waals surface area contributed by atoms with Gasteiger partial charge in [-0.15, -0.1) is 0 Å². The molecule has 0 saturated heterocycles. The van der Waals surface area contributed by atoms with Gasteiger partial charge in [0.2, 0.25) is 0 Å². The number of aromatic nitrogens is 2. The molecule has 14 aromatic rings. The second-order valence-corrected chi connectivity index (χ2v) is 18.0. The number of fused-ring (bicyclic) bond motifs is 13. The lowest BCUT2D eigenvalue weighted by molar-refractivity contribution is 0.667. The highest BCUT2D eigenvalue weighted by Crippen LogP contribution is 2.43. The van der Waals surface area contributed by atoms with E-state index in [9.17, 15) is 0 Å². The second-order valence-electron chi connectivity index (χ2n) is 18.0. The van der Waals surface area contributed by atoms with Crippen LogP contribution in [0.15, 0.2) is 237 Å². The van der Waals surface area contributed by atoms with Gasteiger partial charge >= 0.3 is 0 Å². The van der Waals surface area contributed by atoms with Crippen LogP contribution in [0.5, 0.6) is 0 Å². The summed E-state index contributed by atoms with van der Waals surface area (Å²) in [5.74, 6) is 0.593. The maximum atomic E-state index is 7.00. The summed E-state index contributed by atoms with van der Waals surface area (Å²) >= 11 is 0. The molecule has 0 radical (unpaired) electrons. The highest BCUT2D eigenvalue weighted by Gasteiger charge is 2.25. The van der Waals surface area contributed by atoms with Crippen LogP contribution in [0.1, 0.15) is 23.1 Å². The van der Waals surface area contributed by atoms with E-state index in [1.165, 1.54) is 32.3 Å². The van der Waals surface area contributed by atoms with Crippen LogP contribution < -0.4 is 0 Å². The SMILES string of the molecule is C1=C(c2c(-n3c4ccccc4c4cc5ccccc5cc43)ccc3c2oc2ccccc23)N=C(c2ccc3c(c2)oc2ccccc23)N=C(c2ccc3c(c2)c2ccccc2n3-c2ccccc2)C1. The molecule has 322 valence electrons. The van der Waals surface area contributed by atoms with Gasteiger partial charge in [-0.1, -0.05) is 133 Å². The molecule has 1 aliphatic heterocycles. The van der Waals surface area contributed by atoms with Crippen LogP contribution in [0.3, 0.4) is 0 Å². The number of para-hydroxylation sites is 5. The summed E-state index contributed by atoms with van der Waals surface area (Å²) in [6, 6.07) is 75.3. The second kappa shape index (κ2) is 14.6. The molecule has 4 aromatic heterocycles. The van der Waals surface area contributed by atoms with Gasteiger partial charge in [0.15, 0.2) is 5.84 Å². The average molecular weight is 883 g/mol. The Labute approximate surface area is 394 Å². The summed E-state index contributed by atoms with van der Waals surface area (Å²) in [6.45, 7) is 0. The lowest BCUT2D eigenvalue weighted by Crippen LogP contribution is -2.05. The molecule has 0 aliphatic carbocycles. The van der Waals surface area contributed by atoms with E-state index in [-0.39, 0.29) is 0 Å². The fourth-order valence-electron chi connectivity index (χ4n) is 11.0. The van der Waals surface area contributed by atoms with Crippen molar-refractivity contribution in [1.29, 1.82) is 0 Å². The zero-order valence-corrected chi connectivity index (χ0v) is 37.1. The van der Waals surface area contributed by atoms with E-state index in [4.69, 9.17) is 18.8 Å². The number of amidine groups is 1. The number of hydrogen-bond donors (Lipinski definition) is 0. The zero-order valence-electron chi connectivity index (χ0n) is 37.1. The molecule has 0 bridgehead atoms. The maximum absolute atomic E-state index is 7.00. The average Bonchev–Trinajstić information content (AvgIpc) is 4.11. The third kappa shape index (κ3) is 5.73. The van der Waals surface area contributed by atoms with Gasteiger partial charge in [-0.05, 0) is 101 Å². The van der Waals surface area contributed by atoms with Gasteiger partial charge < -0.3 is 18.0 Å². The molecule has 0 unspecified atom stereocenters. The van der Waals surface area contributed by atoms with E-state index in [1.54, 1.807) is 0 Å². The molecule has 0 fully saturated rings. The minimum absolute atomic E-state index is 0.520. The molecular formula is C63H38N4O2. The van der Waals surface area contributed by atoms with Crippen molar-refractivity contribution in [3.05, 3.63) is 235 Å². The van der Waals surface area contributed by atoms with E-state index in [0.29, 0.717) is 12.3 Å². The molecule has 0 saturated carbocycles. The molecule has 0 amide bonds. The Balaban J connectivity index is 0.998. The smallest absolute Gasteiger partial charge is 0.160 e. The van der Waals surface area contributed by atoms with Gasteiger partial charge in [0.1, 0.15) is 22.3 Å². The first-order valence-corrected chi connectivity index (χ1v) is 23.4. The highest BCUT2D eigenvalue weighted by molar-refractivity contribution is 6.21. The van der Waals surface area contributed by atoms with E-state index in [0.717, 1.165) is 105 Å². The monoisotopic (exact) mass is 882 g/mol. The van der Waals surface area contributed by atoms with Crippen LogP contribution in [0.25, 0.3) is 115 Å². The Bertz CT molecular complexity index is 4570. The molecule has 0 spiro atoms. The minimum Gasteiger partial charge on any atom is -0.456 e. The zero-order chi connectivity index (χ0) is 45.2. The number of allylic oxidation sites excluding steroid dienone is 1. The van der Waals surface area contributed by atoms with Gasteiger partial charge in [0.25, 0.3) is 0 Å². The van der Waals surface area contributed by atoms with Crippen LogP contribution in [-0.2, 0) is 0 Å². The van der Waals surface area contributed by atoms with Crippen molar-refractivity contribution in [2.75, 3.05) is 0 Å². The van der Waals surface area contributed by atoms with Gasteiger partial charge in [-0.3, -0.25) is 0 Å². The topological polar surface area (TPSA) is 60.9 Å². The maximum Gasteiger partial charge on any atom is 0.160 e.